The van der Waals surface area contributed by atoms with Gasteiger partial charge in [0.25, 0.3) is 0 Å². The Bertz CT molecular complexity index is 1360. The van der Waals surface area contributed by atoms with E-state index in [1.54, 1.807) is 0 Å². The minimum atomic E-state index is -0.825. The molecule has 0 fully saturated rings. The minimum Gasteiger partial charge on any atom is -0.462 e. The second-order valence-electron chi connectivity index (χ2n) is 17.1. The molecule has 0 aromatic rings. The van der Waals surface area contributed by atoms with Gasteiger partial charge in [0.05, 0.1) is 0 Å². The third kappa shape index (κ3) is 50.9. The van der Waals surface area contributed by atoms with E-state index in [0.717, 1.165) is 96.3 Å². The molecular formula is C59H96O6. The number of esters is 3. The number of allylic oxidation sites excluding steroid dienone is 18. The standard InChI is InChI=1S/C59H96O6/c1-4-7-10-13-16-19-22-25-28-29-32-34-37-40-43-46-49-52-58(61)64-55-56(65-59(62)53-50-47-44-41-38-35-31-27-24-21-18-15-12-9-6-3)54-63-57(60)51-48-45-42-39-36-33-30-26-23-20-17-14-11-8-5-2/h16-21,25-28,30-32,34,36,38-39,41,56H,4-15,22-24,29,33,35,37,40,42-55H2,1-3H3/b19-16-,20-17-,21-18-,28-25-,30-26-,31-27-,34-32-,39-36-,41-38-/t56-/m0/s1. The molecule has 0 amide bonds. The van der Waals surface area contributed by atoms with E-state index in [1.807, 2.05) is 0 Å². The highest BCUT2D eigenvalue weighted by atomic mass is 16.6. The van der Waals surface area contributed by atoms with E-state index >= 15 is 0 Å². The van der Waals surface area contributed by atoms with Crippen LogP contribution < -0.4 is 0 Å². The summed E-state index contributed by atoms with van der Waals surface area (Å²) in [7, 11) is 0. The maximum absolute atomic E-state index is 12.8. The molecule has 0 N–H and O–H groups in total. The van der Waals surface area contributed by atoms with Crippen LogP contribution in [0.3, 0.4) is 0 Å². The van der Waals surface area contributed by atoms with Crippen LogP contribution in [0.4, 0.5) is 0 Å². The Morgan fingerprint density at radius 1 is 0.308 bits per heavy atom. The Morgan fingerprint density at radius 3 is 0.877 bits per heavy atom. The van der Waals surface area contributed by atoms with Crippen molar-refractivity contribution in [3.05, 3.63) is 109 Å². The van der Waals surface area contributed by atoms with Gasteiger partial charge in [-0.15, -0.1) is 0 Å². The predicted molar refractivity (Wildman–Crippen MR) is 279 cm³/mol. The molecule has 65 heavy (non-hydrogen) atoms. The number of carbonyl (C=O) groups is 3. The van der Waals surface area contributed by atoms with Crippen molar-refractivity contribution in [2.75, 3.05) is 13.2 Å². The molecule has 0 rings (SSSR count). The zero-order valence-electron chi connectivity index (χ0n) is 42.0. The van der Waals surface area contributed by atoms with Crippen molar-refractivity contribution in [2.24, 2.45) is 0 Å². The van der Waals surface area contributed by atoms with Gasteiger partial charge in [0.1, 0.15) is 13.2 Å². The normalized spacial score (nSPS) is 13.0. The number of ether oxygens (including phenoxy) is 3. The fraction of sp³-hybridized carbons (Fsp3) is 0.644. The van der Waals surface area contributed by atoms with E-state index in [1.165, 1.54) is 77.0 Å². The maximum atomic E-state index is 12.8. The van der Waals surface area contributed by atoms with Crippen molar-refractivity contribution in [1.29, 1.82) is 0 Å². The lowest BCUT2D eigenvalue weighted by molar-refractivity contribution is -0.167. The summed E-state index contributed by atoms with van der Waals surface area (Å²) in [5.74, 6) is -1.02. The molecule has 0 spiro atoms. The highest BCUT2D eigenvalue weighted by Crippen LogP contribution is 2.11. The molecule has 0 aliphatic carbocycles. The summed E-state index contributed by atoms with van der Waals surface area (Å²) in [6, 6.07) is 0. The monoisotopic (exact) mass is 901 g/mol. The van der Waals surface area contributed by atoms with Crippen LogP contribution in [0.25, 0.3) is 0 Å². The molecular weight excluding hydrogens is 805 g/mol. The lowest BCUT2D eigenvalue weighted by Crippen LogP contribution is -2.30. The van der Waals surface area contributed by atoms with Gasteiger partial charge in [-0.05, 0) is 135 Å². The van der Waals surface area contributed by atoms with Crippen LogP contribution in [0, 0.1) is 0 Å². The summed E-state index contributed by atoms with van der Waals surface area (Å²) >= 11 is 0. The van der Waals surface area contributed by atoms with Crippen molar-refractivity contribution in [3.63, 3.8) is 0 Å². The van der Waals surface area contributed by atoms with Crippen molar-refractivity contribution in [1.82, 2.24) is 0 Å². The average molecular weight is 901 g/mol. The van der Waals surface area contributed by atoms with Crippen LogP contribution in [0.1, 0.15) is 226 Å². The number of hydrogen-bond donors (Lipinski definition) is 0. The van der Waals surface area contributed by atoms with Gasteiger partial charge in [0.15, 0.2) is 6.10 Å². The molecule has 0 aliphatic heterocycles. The average Bonchev–Trinajstić information content (AvgIpc) is 3.30. The van der Waals surface area contributed by atoms with Crippen molar-refractivity contribution >= 4 is 17.9 Å². The second-order valence-corrected chi connectivity index (χ2v) is 17.1. The summed E-state index contributed by atoms with van der Waals surface area (Å²) in [5.41, 5.74) is 0. The Hall–Kier alpha value is -3.93. The lowest BCUT2D eigenvalue weighted by Gasteiger charge is -2.18. The molecule has 1 atom stereocenters. The molecule has 6 nitrogen and oxygen atoms in total. The summed E-state index contributed by atoms with van der Waals surface area (Å²) in [4.78, 5) is 38.0. The van der Waals surface area contributed by atoms with E-state index in [2.05, 4.69) is 130 Å². The van der Waals surface area contributed by atoms with Gasteiger partial charge in [-0.3, -0.25) is 14.4 Å². The van der Waals surface area contributed by atoms with E-state index in [4.69, 9.17) is 14.2 Å². The van der Waals surface area contributed by atoms with Gasteiger partial charge in [-0.25, -0.2) is 0 Å². The molecule has 0 aliphatic rings. The maximum Gasteiger partial charge on any atom is 0.306 e. The van der Waals surface area contributed by atoms with Gasteiger partial charge in [0, 0.05) is 19.3 Å². The molecule has 0 bridgehead atoms. The van der Waals surface area contributed by atoms with Crippen LogP contribution >= 0.6 is 0 Å². The molecule has 368 valence electrons. The second kappa shape index (κ2) is 52.7. The quantitative estimate of drug-likeness (QED) is 0.0262. The minimum absolute atomic E-state index is 0.119. The third-order valence-corrected chi connectivity index (χ3v) is 10.7. The van der Waals surface area contributed by atoms with Gasteiger partial charge < -0.3 is 14.2 Å². The molecule has 6 heteroatoms. The van der Waals surface area contributed by atoms with Crippen LogP contribution in [0.15, 0.2) is 109 Å². The SMILES string of the molecule is CCCCC/C=C\C/C=C\C/C=C\CCCCCCC(=O)OC[C@H](COC(=O)CCCC/C=C\C/C=C\C/C=C\CCCCC)OC(=O)CCCC/C=C\C/C=C\C/C=C\CCCCC. The lowest BCUT2D eigenvalue weighted by atomic mass is 10.1. The molecule has 0 unspecified atom stereocenters. The predicted octanol–water partition coefficient (Wildman–Crippen LogP) is 17.5. The topological polar surface area (TPSA) is 78.9 Å². The van der Waals surface area contributed by atoms with E-state index in [0.29, 0.717) is 25.7 Å². The molecule has 0 aromatic heterocycles. The van der Waals surface area contributed by atoms with E-state index in [-0.39, 0.29) is 37.5 Å². The van der Waals surface area contributed by atoms with Crippen molar-refractivity contribution < 1.29 is 28.6 Å². The molecule has 0 aromatic carbocycles. The molecule has 0 saturated carbocycles. The highest BCUT2D eigenvalue weighted by Gasteiger charge is 2.19. The van der Waals surface area contributed by atoms with E-state index in [9.17, 15) is 14.4 Å². The first-order valence-electron chi connectivity index (χ1n) is 26.4. The summed E-state index contributed by atoms with van der Waals surface area (Å²) in [6.45, 7) is 6.45. The smallest absolute Gasteiger partial charge is 0.306 e. The van der Waals surface area contributed by atoms with Crippen LogP contribution in [0.2, 0.25) is 0 Å². The fourth-order valence-electron chi connectivity index (χ4n) is 6.70. The zero-order valence-corrected chi connectivity index (χ0v) is 42.0. The van der Waals surface area contributed by atoms with E-state index < -0.39 is 6.10 Å². The van der Waals surface area contributed by atoms with Crippen molar-refractivity contribution in [3.8, 4) is 0 Å². The zero-order chi connectivity index (χ0) is 47.2. The Balaban J connectivity index is 4.57. The molecule has 0 radical (unpaired) electrons. The molecule has 0 saturated heterocycles. The summed E-state index contributed by atoms with van der Waals surface area (Å²) in [5, 5.41) is 0. The summed E-state index contributed by atoms with van der Waals surface area (Å²) < 4.78 is 16.7. The summed E-state index contributed by atoms with van der Waals surface area (Å²) in [6.07, 6.45) is 70.7. The highest BCUT2D eigenvalue weighted by molar-refractivity contribution is 5.71. The Kier molecular flexibility index (Phi) is 49.5. The van der Waals surface area contributed by atoms with Gasteiger partial charge >= 0.3 is 17.9 Å². The van der Waals surface area contributed by atoms with Crippen LogP contribution in [-0.4, -0.2) is 37.2 Å². The van der Waals surface area contributed by atoms with Crippen molar-refractivity contribution in [2.45, 2.75) is 232 Å². The first-order valence-corrected chi connectivity index (χ1v) is 26.4. The number of rotatable bonds is 46. The number of unbranched alkanes of at least 4 members (excludes halogenated alkanes) is 17. The number of carbonyl (C=O) groups excluding carboxylic acids is 3. The Morgan fingerprint density at radius 2 is 0.554 bits per heavy atom. The largest absolute Gasteiger partial charge is 0.462 e. The van der Waals surface area contributed by atoms with Gasteiger partial charge in [-0.2, -0.15) is 0 Å². The molecule has 0 heterocycles. The third-order valence-electron chi connectivity index (χ3n) is 10.7. The fourth-order valence-corrected chi connectivity index (χ4v) is 6.70. The Labute approximate surface area is 400 Å². The first kappa shape index (κ1) is 61.1. The number of hydrogen-bond acceptors (Lipinski definition) is 6. The van der Waals surface area contributed by atoms with Crippen LogP contribution in [0.5, 0.6) is 0 Å². The van der Waals surface area contributed by atoms with Gasteiger partial charge in [-0.1, -0.05) is 182 Å². The first-order chi connectivity index (χ1) is 32.0. The van der Waals surface area contributed by atoms with Crippen LogP contribution in [-0.2, 0) is 28.6 Å². The van der Waals surface area contributed by atoms with Gasteiger partial charge in [0.2, 0.25) is 0 Å².